The van der Waals surface area contributed by atoms with Crippen molar-refractivity contribution >= 4 is 17.3 Å². The first-order valence-corrected chi connectivity index (χ1v) is 7.03. The van der Waals surface area contributed by atoms with Crippen molar-refractivity contribution in [3.8, 4) is 5.75 Å². The van der Waals surface area contributed by atoms with Gasteiger partial charge in [-0.2, -0.15) is 0 Å². The number of rotatable bonds is 2. The van der Waals surface area contributed by atoms with Gasteiger partial charge in [0.25, 0.3) is 5.91 Å². The summed E-state index contributed by atoms with van der Waals surface area (Å²) in [5.41, 5.74) is 9.31. The van der Waals surface area contributed by atoms with Crippen LogP contribution in [0.4, 0.5) is 11.4 Å². The third-order valence-electron chi connectivity index (χ3n) is 3.78. The Morgan fingerprint density at radius 3 is 2.90 bits per heavy atom. The van der Waals surface area contributed by atoms with Crippen LogP contribution < -0.4 is 15.4 Å². The Balaban J connectivity index is 1.96. The summed E-state index contributed by atoms with van der Waals surface area (Å²) in [5.74, 6) is 0.690. The number of carbonyl (C=O) groups is 1. The Hall–Kier alpha value is -2.49. The number of carbonyl (C=O) groups excluding carboxylic acids is 1. The van der Waals surface area contributed by atoms with Crippen molar-refractivity contribution < 1.29 is 9.53 Å². The Kier molecular flexibility index (Phi) is 3.52. The third kappa shape index (κ3) is 2.57. The van der Waals surface area contributed by atoms with E-state index in [1.54, 1.807) is 13.2 Å². The van der Waals surface area contributed by atoms with E-state index in [2.05, 4.69) is 0 Å². The summed E-state index contributed by atoms with van der Waals surface area (Å²) < 4.78 is 5.19. The SMILES string of the molecule is COc1cccc(C(=O)N2CCCc3cc(N)ccc32)c1. The molecule has 0 aliphatic carbocycles. The second-order valence-corrected chi connectivity index (χ2v) is 5.18. The largest absolute Gasteiger partial charge is 0.497 e. The van der Waals surface area contributed by atoms with Gasteiger partial charge in [0, 0.05) is 23.5 Å². The lowest BCUT2D eigenvalue weighted by molar-refractivity contribution is 0.0985. The van der Waals surface area contributed by atoms with Gasteiger partial charge in [0.1, 0.15) is 5.75 Å². The number of aryl methyl sites for hydroxylation is 1. The molecular formula is C17H18N2O2. The average molecular weight is 282 g/mol. The smallest absolute Gasteiger partial charge is 0.258 e. The molecule has 1 heterocycles. The molecule has 3 rings (SSSR count). The van der Waals surface area contributed by atoms with Crippen LogP contribution in [0, 0.1) is 0 Å². The van der Waals surface area contributed by atoms with Gasteiger partial charge in [-0.1, -0.05) is 6.07 Å². The molecule has 0 fully saturated rings. The molecule has 4 nitrogen and oxygen atoms in total. The molecule has 0 unspecified atom stereocenters. The molecule has 1 amide bonds. The van der Waals surface area contributed by atoms with E-state index in [4.69, 9.17) is 10.5 Å². The van der Waals surface area contributed by atoms with Crippen molar-refractivity contribution in [3.05, 3.63) is 53.6 Å². The molecule has 0 atom stereocenters. The lowest BCUT2D eigenvalue weighted by atomic mass is 10.00. The number of fused-ring (bicyclic) bond motifs is 1. The van der Waals surface area contributed by atoms with E-state index in [0.717, 1.165) is 36.3 Å². The van der Waals surface area contributed by atoms with Crippen LogP contribution >= 0.6 is 0 Å². The van der Waals surface area contributed by atoms with Crippen LogP contribution in [-0.2, 0) is 6.42 Å². The summed E-state index contributed by atoms with van der Waals surface area (Å²) in [6.07, 6.45) is 1.91. The van der Waals surface area contributed by atoms with Crippen LogP contribution in [0.5, 0.6) is 5.75 Å². The molecule has 21 heavy (non-hydrogen) atoms. The Labute approximate surface area is 124 Å². The number of hydrogen-bond donors (Lipinski definition) is 1. The summed E-state index contributed by atoms with van der Waals surface area (Å²) in [5, 5.41) is 0. The van der Waals surface area contributed by atoms with Crippen molar-refractivity contribution in [1.82, 2.24) is 0 Å². The van der Waals surface area contributed by atoms with Crippen LogP contribution in [0.3, 0.4) is 0 Å². The summed E-state index contributed by atoms with van der Waals surface area (Å²) in [7, 11) is 1.60. The van der Waals surface area contributed by atoms with E-state index in [1.807, 2.05) is 41.3 Å². The number of hydrogen-bond acceptors (Lipinski definition) is 3. The highest BCUT2D eigenvalue weighted by Gasteiger charge is 2.23. The monoisotopic (exact) mass is 282 g/mol. The molecule has 1 aliphatic heterocycles. The predicted molar refractivity (Wildman–Crippen MR) is 83.8 cm³/mol. The van der Waals surface area contributed by atoms with Gasteiger partial charge in [-0.25, -0.2) is 0 Å². The normalized spacial score (nSPS) is 13.7. The second-order valence-electron chi connectivity index (χ2n) is 5.18. The zero-order chi connectivity index (χ0) is 14.8. The highest BCUT2D eigenvalue weighted by Crippen LogP contribution is 2.30. The van der Waals surface area contributed by atoms with Crippen molar-refractivity contribution in [2.45, 2.75) is 12.8 Å². The first-order chi connectivity index (χ1) is 10.2. The highest BCUT2D eigenvalue weighted by molar-refractivity contribution is 6.07. The molecule has 2 N–H and O–H groups in total. The molecule has 0 bridgehead atoms. The molecule has 0 saturated carbocycles. The maximum atomic E-state index is 12.8. The summed E-state index contributed by atoms with van der Waals surface area (Å²) in [6.45, 7) is 0.729. The van der Waals surface area contributed by atoms with Crippen molar-refractivity contribution in [1.29, 1.82) is 0 Å². The molecule has 0 radical (unpaired) electrons. The first kappa shape index (κ1) is 13.5. The van der Waals surface area contributed by atoms with Crippen molar-refractivity contribution in [2.24, 2.45) is 0 Å². The quantitative estimate of drug-likeness (QED) is 0.862. The van der Waals surface area contributed by atoms with Gasteiger partial charge in [-0.3, -0.25) is 4.79 Å². The number of benzene rings is 2. The van der Waals surface area contributed by atoms with Crippen LogP contribution in [0.15, 0.2) is 42.5 Å². The minimum atomic E-state index is -0.000351. The van der Waals surface area contributed by atoms with Crippen LogP contribution in [-0.4, -0.2) is 19.6 Å². The van der Waals surface area contributed by atoms with E-state index in [-0.39, 0.29) is 5.91 Å². The number of nitrogen functional groups attached to an aromatic ring is 1. The number of nitrogens with two attached hydrogens (primary N) is 1. The van der Waals surface area contributed by atoms with Crippen molar-refractivity contribution in [3.63, 3.8) is 0 Å². The fourth-order valence-corrected chi connectivity index (χ4v) is 2.74. The molecule has 0 spiro atoms. The number of amides is 1. The molecule has 4 heteroatoms. The van der Waals surface area contributed by atoms with Crippen molar-refractivity contribution in [2.75, 3.05) is 24.3 Å². The first-order valence-electron chi connectivity index (χ1n) is 7.03. The van der Waals surface area contributed by atoms with Gasteiger partial charge in [0.15, 0.2) is 0 Å². The Morgan fingerprint density at radius 2 is 2.10 bits per heavy atom. The van der Waals surface area contributed by atoms with Crippen LogP contribution in [0.1, 0.15) is 22.3 Å². The molecular weight excluding hydrogens is 264 g/mol. The van der Waals surface area contributed by atoms with E-state index in [0.29, 0.717) is 11.3 Å². The van der Waals surface area contributed by atoms with Gasteiger partial charge in [-0.15, -0.1) is 0 Å². The van der Waals surface area contributed by atoms with Gasteiger partial charge < -0.3 is 15.4 Å². The minimum Gasteiger partial charge on any atom is -0.497 e. The highest BCUT2D eigenvalue weighted by atomic mass is 16.5. The Morgan fingerprint density at radius 1 is 1.24 bits per heavy atom. The van der Waals surface area contributed by atoms with E-state index in [9.17, 15) is 4.79 Å². The molecule has 0 aromatic heterocycles. The zero-order valence-corrected chi connectivity index (χ0v) is 12.0. The van der Waals surface area contributed by atoms with Gasteiger partial charge in [0.05, 0.1) is 7.11 Å². The maximum absolute atomic E-state index is 12.8. The zero-order valence-electron chi connectivity index (χ0n) is 12.0. The molecule has 2 aromatic rings. The Bertz CT molecular complexity index is 682. The molecule has 2 aromatic carbocycles. The van der Waals surface area contributed by atoms with Gasteiger partial charge in [-0.05, 0) is 54.8 Å². The summed E-state index contributed by atoms with van der Waals surface area (Å²) in [4.78, 5) is 14.6. The summed E-state index contributed by atoms with van der Waals surface area (Å²) in [6, 6.07) is 13.0. The van der Waals surface area contributed by atoms with Crippen LogP contribution in [0.2, 0.25) is 0 Å². The third-order valence-corrected chi connectivity index (χ3v) is 3.78. The number of methoxy groups -OCH3 is 1. The van der Waals surface area contributed by atoms with E-state index < -0.39 is 0 Å². The van der Waals surface area contributed by atoms with Gasteiger partial charge in [0.2, 0.25) is 0 Å². The fourth-order valence-electron chi connectivity index (χ4n) is 2.74. The topological polar surface area (TPSA) is 55.6 Å². The average Bonchev–Trinajstić information content (AvgIpc) is 2.53. The molecule has 0 saturated heterocycles. The summed E-state index contributed by atoms with van der Waals surface area (Å²) >= 11 is 0. The number of nitrogens with zero attached hydrogens (tertiary/aromatic N) is 1. The lowest BCUT2D eigenvalue weighted by Crippen LogP contribution is -2.35. The standard InChI is InChI=1S/C17H18N2O2/c1-21-15-6-2-4-13(11-15)17(20)19-9-3-5-12-10-14(18)7-8-16(12)19/h2,4,6-8,10-11H,3,5,9,18H2,1H3. The molecule has 108 valence electrons. The molecule has 1 aliphatic rings. The number of anilines is 2. The lowest BCUT2D eigenvalue weighted by Gasteiger charge is -2.29. The van der Waals surface area contributed by atoms with Crippen LogP contribution in [0.25, 0.3) is 0 Å². The predicted octanol–water partition coefficient (Wildman–Crippen LogP) is 2.87. The number of ether oxygens (including phenoxy) is 1. The van der Waals surface area contributed by atoms with E-state index in [1.165, 1.54) is 0 Å². The minimum absolute atomic E-state index is 0.000351. The second kappa shape index (κ2) is 5.48. The maximum Gasteiger partial charge on any atom is 0.258 e. The fraction of sp³-hybridized carbons (Fsp3) is 0.235. The van der Waals surface area contributed by atoms with Gasteiger partial charge >= 0.3 is 0 Å². The van der Waals surface area contributed by atoms with E-state index >= 15 is 0 Å².